The second kappa shape index (κ2) is 16.0. The summed E-state index contributed by atoms with van der Waals surface area (Å²) in [6, 6.07) is -3.72. The van der Waals surface area contributed by atoms with Crippen molar-refractivity contribution in [3.05, 3.63) is 23.6 Å². The molecule has 0 radical (unpaired) electrons. The van der Waals surface area contributed by atoms with Crippen LogP contribution >= 0.6 is 11.8 Å². The summed E-state index contributed by atoms with van der Waals surface area (Å²) in [5, 5.41) is 11.5. The van der Waals surface area contributed by atoms with Gasteiger partial charge in [-0.2, -0.15) is 0 Å². The van der Waals surface area contributed by atoms with Crippen LogP contribution in [0.15, 0.2) is 23.6 Å². The fourth-order valence-electron chi connectivity index (χ4n) is 8.18. The number of carbonyl (C=O) groups is 6. The van der Waals surface area contributed by atoms with Gasteiger partial charge in [0.05, 0.1) is 10.9 Å². The number of nitrogens with one attached hydrogen (secondary N) is 4. The Hall–Kier alpha value is -3.15. The lowest BCUT2D eigenvalue weighted by Crippen LogP contribution is -2.64. The van der Waals surface area contributed by atoms with E-state index in [-0.39, 0.29) is 35.6 Å². The Morgan fingerprint density at radius 1 is 1.04 bits per heavy atom. The number of ketones is 1. The molecule has 2 aliphatic heterocycles. The van der Waals surface area contributed by atoms with Gasteiger partial charge in [0, 0.05) is 18.8 Å². The second-order valence-corrected chi connectivity index (χ2v) is 17.7. The van der Waals surface area contributed by atoms with Gasteiger partial charge in [-0.1, -0.05) is 92.7 Å². The quantitative estimate of drug-likeness (QED) is 0.148. The predicted octanol–water partition coefficient (Wildman–Crippen LogP) is 4.02. The van der Waals surface area contributed by atoms with Gasteiger partial charge in [0.25, 0.3) is 11.8 Å². The summed E-state index contributed by atoms with van der Waals surface area (Å²) >= 11 is 1.48. The van der Waals surface area contributed by atoms with Crippen LogP contribution < -0.4 is 21.3 Å². The van der Waals surface area contributed by atoms with E-state index in [1.165, 1.54) is 17.8 Å². The molecular weight excluding hydrogens is 655 g/mol. The van der Waals surface area contributed by atoms with Crippen LogP contribution in [-0.4, -0.2) is 83.2 Å². The number of hydrogen-bond donors (Lipinski definition) is 4. The van der Waals surface area contributed by atoms with E-state index in [1.807, 2.05) is 40.7 Å². The smallest absolute Gasteiger partial charge is 0.289 e. The Morgan fingerprint density at radius 3 is 2.30 bits per heavy atom. The van der Waals surface area contributed by atoms with Gasteiger partial charge in [0.15, 0.2) is 0 Å². The molecule has 2 aliphatic carbocycles. The maximum absolute atomic E-state index is 14.6. The van der Waals surface area contributed by atoms with Crippen LogP contribution in [0.3, 0.4) is 0 Å². The van der Waals surface area contributed by atoms with Crippen molar-refractivity contribution in [2.24, 2.45) is 28.1 Å². The number of allylic oxidation sites excluding steroid dienone is 1. The van der Waals surface area contributed by atoms with E-state index in [0.717, 1.165) is 50.7 Å². The number of rotatable bonds is 15. The monoisotopic (exact) mass is 713 g/mol. The largest absolute Gasteiger partial charge is 0.346 e. The standard InChI is InChI=1S/C38H59N5O6S/c1-9-11-16-24(28(44)33(47)39-20-10-2)40-32(46)27-26-23(37(26,6)7)22-43(27)35(49)30(36(3,4)5)42-34(48)29(38(8)18-13-12-14-19-38)41-31(45)25-17-15-21-50-25/h10,17,23-24,26-27,29-30H,2,9,11-16,18-22H2,1,3-8H3,(H,39,47)(H,40,46)(H,41,45)(H,42,48)/t23-,24?,26-,27-,29+,30+/m0/s1. The molecule has 2 heterocycles. The van der Waals surface area contributed by atoms with E-state index < -0.39 is 58.5 Å². The van der Waals surface area contributed by atoms with Crippen molar-refractivity contribution in [3.63, 3.8) is 0 Å². The van der Waals surface area contributed by atoms with Gasteiger partial charge in [-0.05, 0) is 53.8 Å². The molecule has 3 fully saturated rings. The number of piperidine rings is 1. The predicted molar refractivity (Wildman–Crippen MR) is 196 cm³/mol. The van der Waals surface area contributed by atoms with E-state index in [2.05, 4.69) is 41.7 Å². The van der Waals surface area contributed by atoms with Crippen molar-refractivity contribution in [2.45, 2.75) is 130 Å². The highest BCUT2D eigenvalue weighted by Gasteiger charge is 2.70. The number of thioether (sulfide) groups is 1. The molecule has 50 heavy (non-hydrogen) atoms. The first kappa shape index (κ1) is 39.6. The van der Waals surface area contributed by atoms with Gasteiger partial charge in [-0.15, -0.1) is 18.3 Å². The number of carbonyl (C=O) groups excluding carboxylic acids is 6. The van der Waals surface area contributed by atoms with Crippen LogP contribution in [0, 0.1) is 28.1 Å². The molecular formula is C38H59N5O6S. The lowest BCUT2D eigenvalue weighted by Gasteiger charge is -2.42. The van der Waals surface area contributed by atoms with Crippen molar-refractivity contribution in [1.29, 1.82) is 0 Å². The highest BCUT2D eigenvalue weighted by Crippen LogP contribution is 2.65. The number of likely N-dealkylation sites (tertiary alicyclic amines) is 1. The van der Waals surface area contributed by atoms with Gasteiger partial charge in [-0.25, -0.2) is 0 Å². The lowest BCUT2D eigenvalue weighted by molar-refractivity contribution is -0.147. The van der Waals surface area contributed by atoms with Gasteiger partial charge >= 0.3 is 0 Å². The molecule has 5 amide bonds. The molecule has 4 N–H and O–H groups in total. The van der Waals surface area contributed by atoms with Crippen molar-refractivity contribution in [1.82, 2.24) is 26.2 Å². The Balaban J connectivity index is 1.59. The Bertz CT molecular complexity index is 1380. The number of hydrogen-bond acceptors (Lipinski definition) is 7. The average Bonchev–Trinajstić information content (AvgIpc) is 3.52. The van der Waals surface area contributed by atoms with Crippen LogP contribution in [0.5, 0.6) is 0 Å². The first-order valence-electron chi connectivity index (χ1n) is 18.5. The zero-order valence-electron chi connectivity index (χ0n) is 31.1. The van der Waals surface area contributed by atoms with E-state index >= 15 is 0 Å². The molecule has 4 rings (SSSR count). The molecule has 4 aliphatic rings. The van der Waals surface area contributed by atoms with Gasteiger partial charge < -0.3 is 26.2 Å². The lowest BCUT2D eigenvalue weighted by atomic mass is 9.70. The fourth-order valence-corrected chi connectivity index (χ4v) is 9.06. The third-order valence-corrected chi connectivity index (χ3v) is 12.5. The summed E-state index contributed by atoms with van der Waals surface area (Å²) in [4.78, 5) is 84.4. The Morgan fingerprint density at radius 2 is 1.72 bits per heavy atom. The Kier molecular flexibility index (Phi) is 12.7. The molecule has 0 aromatic rings. The van der Waals surface area contributed by atoms with E-state index in [9.17, 15) is 28.8 Å². The van der Waals surface area contributed by atoms with E-state index in [0.29, 0.717) is 24.3 Å². The fraction of sp³-hybridized carbons (Fsp3) is 0.737. The van der Waals surface area contributed by atoms with E-state index in [1.54, 1.807) is 4.90 Å². The molecule has 11 nitrogen and oxygen atoms in total. The zero-order valence-corrected chi connectivity index (χ0v) is 31.9. The second-order valence-electron chi connectivity index (χ2n) is 16.6. The summed E-state index contributed by atoms with van der Waals surface area (Å²) in [7, 11) is 0. The molecule has 2 saturated carbocycles. The number of nitrogens with zero attached hydrogens (tertiary/aromatic N) is 1. The van der Waals surface area contributed by atoms with Crippen molar-refractivity contribution in [3.8, 4) is 0 Å². The van der Waals surface area contributed by atoms with Crippen molar-refractivity contribution in [2.75, 3.05) is 18.8 Å². The summed E-state index contributed by atoms with van der Waals surface area (Å²) in [5.74, 6) is -2.26. The summed E-state index contributed by atoms with van der Waals surface area (Å²) in [6.07, 6.45) is 10.4. The molecule has 0 bridgehead atoms. The zero-order chi connectivity index (χ0) is 37.0. The Labute approximate surface area is 302 Å². The van der Waals surface area contributed by atoms with Gasteiger partial charge in [-0.3, -0.25) is 28.8 Å². The third kappa shape index (κ3) is 8.65. The maximum Gasteiger partial charge on any atom is 0.289 e. The molecule has 12 heteroatoms. The van der Waals surface area contributed by atoms with Gasteiger partial charge in [0.1, 0.15) is 18.1 Å². The van der Waals surface area contributed by atoms with E-state index in [4.69, 9.17) is 0 Å². The van der Waals surface area contributed by atoms with Crippen LogP contribution in [0.2, 0.25) is 0 Å². The van der Waals surface area contributed by atoms with Crippen LogP contribution in [0.4, 0.5) is 0 Å². The van der Waals surface area contributed by atoms with Crippen LogP contribution in [-0.2, 0) is 28.8 Å². The average molecular weight is 714 g/mol. The topological polar surface area (TPSA) is 154 Å². The minimum Gasteiger partial charge on any atom is -0.346 e. The first-order valence-corrected chi connectivity index (χ1v) is 19.4. The SMILES string of the molecule is C=CCNC(=O)C(=O)C(CCCC)NC(=O)[C@@H]1[C@@H]2[C@H](CN1C(=O)[C@@H](NC(=O)[C@@H](NC(=O)C1=CCCS1)C1(C)CCCCC1)C(C)(C)C)C2(C)C. The number of Topliss-reactive ketones (excluding diaryl/α,β-unsaturated/α-hetero) is 1. The molecule has 0 spiro atoms. The number of unbranched alkanes of at least 4 members (excludes halogenated alkanes) is 1. The first-order chi connectivity index (χ1) is 23.5. The molecule has 1 saturated heterocycles. The molecule has 6 atom stereocenters. The van der Waals surface area contributed by atoms with Crippen LogP contribution in [0.1, 0.15) is 106 Å². The molecule has 0 aromatic heterocycles. The van der Waals surface area contributed by atoms with Crippen LogP contribution in [0.25, 0.3) is 0 Å². The normalized spacial score (nSPS) is 25.2. The summed E-state index contributed by atoms with van der Waals surface area (Å²) in [6.45, 7) is 17.8. The molecule has 1 unspecified atom stereocenters. The maximum atomic E-state index is 14.6. The minimum absolute atomic E-state index is 0.0737. The highest BCUT2D eigenvalue weighted by molar-refractivity contribution is 8.04. The highest BCUT2D eigenvalue weighted by atomic mass is 32.2. The van der Waals surface area contributed by atoms with Crippen molar-refractivity contribution >= 4 is 47.1 Å². The molecule has 278 valence electrons. The summed E-state index contributed by atoms with van der Waals surface area (Å²) < 4.78 is 0. The number of amides is 5. The third-order valence-electron chi connectivity index (χ3n) is 11.4. The van der Waals surface area contributed by atoms with Crippen molar-refractivity contribution < 1.29 is 28.8 Å². The number of fused-ring (bicyclic) bond motifs is 1. The van der Waals surface area contributed by atoms with Gasteiger partial charge in [0.2, 0.25) is 23.5 Å². The molecule has 0 aromatic carbocycles. The minimum atomic E-state index is -1.03. The summed E-state index contributed by atoms with van der Waals surface area (Å²) in [5.41, 5.74) is -1.40.